The lowest BCUT2D eigenvalue weighted by Crippen LogP contribution is -2.31. The van der Waals surface area contributed by atoms with Gasteiger partial charge in [0, 0.05) is 15.9 Å². The van der Waals surface area contributed by atoms with Crippen LogP contribution in [0.2, 0.25) is 0 Å². The van der Waals surface area contributed by atoms with Crippen molar-refractivity contribution in [3.63, 3.8) is 0 Å². The van der Waals surface area contributed by atoms with Gasteiger partial charge in [-0.15, -0.1) is 12.6 Å². The van der Waals surface area contributed by atoms with E-state index in [-0.39, 0.29) is 5.91 Å². The Morgan fingerprint density at radius 2 is 2.26 bits per heavy atom. The van der Waals surface area contributed by atoms with Crippen molar-refractivity contribution in [2.75, 3.05) is 6.54 Å². The maximum absolute atomic E-state index is 12.2. The van der Waals surface area contributed by atoms with E-state index >= 15 is 0 Å². The van der Waals surface area contributed by atoms with Crippen molar-refractivity contribution < 1.29 is 4.79 Å². The molecule has 1 amide bonds. The molecule has 104 valence electrons. The summed E-state index contributed by atoms with van der Waals surface area (Å²) in [6, 6.07) is 5.53. The van der Waals surface area contributed by atoms with Crippen molar-refractivity contribution >= 4 is 34.5 Å². The van der Waals surface area contributed by atoms with Gasteiger partial charge in [-0.1, -0.05) is 19.8 Å². The molecule has 2 nitrogen and oxygen atoms in total. The fourth-order valence-electron chi connectivity index (χ4n) is 2.76. The fourth-order valence-corrected chi connectivity index (χ4v) is 3.39. The lowest BCUT2D eigenvalue weighted by molar-refractivity contribution is 0.0939. The first kappa shape index (κ1) is 14.9. The lowest BCUT2D eigenvalue weighted by atomic mass is 9.82. The molecule has 0 saturated heterocycles. The van der Waals surface area contributed by atoms with E-state index in [4.69, 9.17) is 0 Å². The third kappa shape index (κ3) is 4.25. The number of benzene rings is 1. The molecule has 2 unspecified atom stereocenters. The Balaban J connectivity index is 1.92. The summed E-state index contributed by atoms with van der Waals surface area (Å²) in [5, 5.41) is 3.05. The Bertz CT molecular complexity index is 463. The zero-order chi connectivity index (χ0) is 13.8. The van der Waals surface area contributed by atoms with Crippen LogP contribution in [0.5, 0.6) is 0 Å². The average molecular weight is 342 g/mol. The van der Waals surface area contributed by atoms with Crippen LogP contribution in [0.3, 0.4) is 0 Å². The summed E-state index contributed by atoms with van der Waals surface area (Å²) in [4.78, 5) is 13.0. The van der Waals surface area contributed by atoms with Crippen LogP contribution >= 0.6 is 28.6 Å². The number of thiol groups is 1. The Morgan fingerprint density at radius 3 is 3.00 bits per heavy atom. The lowest BCUT2D eigenvalue weighted by Gasteiger charge is -2.26. The summed E-state index contributed by atoms with van der Waals surface area (Å²) in [7, 11) is 0. The van der Waals surface area contributed by atoms with E-state index in [9.17, 15) is 4.79 Å². The topological polar surface area (TPSA) is 29.1 Å². The SMILES string of the molecule is CC1CCCC(CNC(=O)c2cc(S)ccc2Br)C1. The van der Waals surface area contributed by atoms with Crippen molar-refractivity contribution in [3.8, 4) is 0 Å². The zero-order valence-electron chi connectivity index (χ0n) is 11.2. The Labute approximate surface area is 128 Å². The van der Waals surface area contributed by atoms with Crippen molar-refractivity contribution in [1.82, 2.24) is 5.32 Å². The van der Waals surface area contributed by atoms with Gasteiger partial charge in [0.1, 0.15) is 0 Å². The minimum absolute atomic E-state index is 0.0130. The van der Waals surface area contributed by atoms with Crippen LogP contribution in [0, 0.1) is 11.8 Å². The van der Waals surface area contributed by atoms with Gasteiger partial charge < -0.3 is 5.32 Å². The first-order valence-corrected chi connectivity index (χ1v) is 8.07. The second-order valence-electron chi connectivity index (χ2n) is 5.51. The summed E-state index contributed by atoms with van der Waals surface area (Å²) >= 11 is 7.69. The van der Waals surface area contributed by atoms with Crippen LogP contribution in [0.4, 0.5) is 0 Å². The maximum atomic E-state index is 12.2. The van der Waals surface area contributed by atoms with Gasteiger partial charge in [0.2, 0.25) is 0 Å². The van der Waals surface area contributed by atoms with E-state index in [0.717, 1.165) is 21.8 Å². The van der Waals surface area contributed by atoms with Crippen molar-refractivity contribution in [2.45, 2.75) is 37.5 Å². The van der Waals surface area contributed by atoms with Gasteiger partial charge in [-0.2, -0.15) is 0 Å². The summed E-state index contributed by atoms with van der Waals surface area (Å²) in [5.41, 5.74) is 0.663. The molecule has 1 aliphatic carbocycles. The van der Waals surface area contributed by atoms with Gasteiger partial charge in [-0.3, -0.25) is 4.79 Å². The van der Waals surface area contributed by atoms with Crippen LogP contribution < -0.4 is 5.32 Å². The summed E-state index contributed by atoms with van der Waals surface area (Å²) in [5.74, 6) is 1.41. The molecular formula is C15H20BrNOS. The number of nitrogens with one attached hydrogen (secondary N) is 1. The number of hydrogen-bond acceptors (Lipinski definition) is 2. The smallest absolute Gasteiger partial charge is 0.252 e. The second kappa shape index (κ2) is 6.80. The monoisotopic (exact) mass is 341 g/mol. The van der Waals surface area contributed by atoms with E-state index in [2.05, 4.69) is 40.8 Å². The van der Waals surface area contributed by atoms with E-state index in [0.29, 0.717) is 11.5 Å². The third-order valence-corrected chi connectivity index (χ3v) is 4.76. The number of halogens is 1. The van der Waals surface area contributed by atoms with Crippen LogP contribution in [-0.4, -0.2) is 12.5 Å². The largest absolute Gasteiger partial charge is 0.352 e. The molecule has 1 fully saturated rings. The van der Waals surface area contributed by atoms with Gasteiger partial charge in [-0.05, 0) is 58.8 Å². The molecule has 0 bridgehead atoms. The molecule has 0 heterocycles. The normalized spacial score (nSPS) is 23.1. The van der Waals surface area contributed by atoms with Crippen LogP contribution in [0.15, 0.2) is 27.6 Å². The van der Waals surface area contributed by atoms with Crippen molar-refractivity contribution in [3.05, 3.63) is 28.2 Å². The quantitative estimate of drug-likeness (QED) is 0.788. The molecule has 0 radical (unpaired) electrons. The number of rotatable bonds is 3. The van der Waals surface area contributed by atoms with Gasteiger partial charge in [0.05, 0.1) is 5.56 Å². The number of carbonyl (C=O) groups excluding carboxylic acids is 1. The van der Waals surface area contributed by atoms with Crippen LogP contribution in [-0.2, 0) is 0 Å². The minimum atomic E-state index is -0.0130. The van der Waals surface area contributed by atoms with Crippen molar-refractivity contribution in [1.29, 1.82) is 0 Å². The molecule has 1 aromatic carbocycles. The van der Waals surface area contributed by atoms with Crippen LogP contribution in [0.25, 0.3) is 0 Å². The molecule has 0 aromatic heterocycles. The highest BCUT2D eigenvalue weighted by Gasteiger charge is 2.20. The molecule has 0 spiro atoms. The van der Waals surface area contributed by atoms with Gasteiger partial charge >= 0.3 is 0 Å². The zero-order valence-corrected chi connectivity index (χ0v) is 13.6. The number of carbonyl (C=O) groups is 1. The predicted octanol–water partition coefficient (Wildman–Crippen LogP) is 4.29. The molecule has 1 N–H and O–H groups in total. The Kier molecular flexibility index (Phi) is 5.34. The van der Waals surface area contributed by atoms with Crippen molar-refractivity contribution in [2.24, 2.45) is 11.8 Å². The van der Waals surface area contributed by atoms with E-state index in [1.807, 2.05) is 12.1 Å². The Morgan fingerprint density at radius 1 is 1.47 bits per heavy atom. The van der Waals surface area contributed by atoms with E-state index in [1.54, 1.807) is 6.07 Å². The maximum Gasteiger partial charge on any atom is 0.252 e. The first-order valence-electron chi connectivity index (χ1n) is 6.83. The highest BCUT2D eigenvalue weighted by molar-refractivity contribution is 9.10. The molecule has 2 rings (SSSR count). The molecule has 1 aliphatic rings. The summed E-state index contributed by atoms with van der Waals surface area (Å²) in [6.45, 7) is 3.08. The second-order valence-corrected chi connectivity index (χ2v) is 6.88. The standard InChI is InChI=1S/C15H20BrNOS/c1-10-3-2-4-11(7-10)9-17-15(18)13-8-12(19)5-6-14(13)16/h5-6,8,10-11,19H,2-4,7,9H2,1H3,(H,17,18). The molecule has 19 heavy (non-hydrogen) atoms. The van der Waals surface area contributed by atoms with E-state index in [1.165, 1.54) is 25.7 Å². The predicted molar refractivity (Wildman–Crippen MR) is 84.8 cm³/mol. The summed E-state index contributed by atoms with van der Waals surface area (Å²) < 4.78 is 0.819. The number of hydrogen-bond donors (Lipinski definition) is 2. The molecule has 4 heteroatoms. The van der Waals surface area contributed by atoms with Crippen LogP contribution in [0.1, 0.15) is 43.0 Å². The van der Waals surface area contributed by atoms with Gasteiger partial charge in [0.25, 0.3) is 5.91 Å². The highest BCUT2D eigenvalue weighted by Crippen LogP contribution is 2.28. The number of amides is 1. The van der Waals surface area contributed by atoms with E-state index < -0.39 is 0 Å². The Hall–Kier alpha value is -0.480. The molecule has 2 atom stereocenters. The first-order chi connectivity index (χ1) is 9.06. The van der Waals surface area contributed by atoms with Gasteiger partial charge in [0.15, 0.2) is 0 Å². The fraction of sp³-hybridized carbons (Fsp3) is 0.533. The molecular weight excluding hydrogens is 322 g/mol. The van der Waals surface area contributed by atoms with Gasteiger partial charge in [-0.25, -0.2) is 0 Å². The highest BCUT2D eigenvalue weighted by atomic mass is 79.9. The average Bonchev–Trinajstić information content (AvgIpc) is 2.39. The third-order valence-electron chi connectivity index (χ3n) is 3.79. The molecule has 1 aromatic rings. The molecule has 0 aliphatic heterocycles. The summed E-state index contributed by atoms with van der Waals surface area (Å²) in [6.07, 6.45) is 5.08. The minimum Gasteiger partial charge on any atom is -0.352 e. The molecule has 1 saturated carbocycles.